The van der Waals surface area contributed by atoms with Crippen LogP contribution in [0.2, 0.25) is 0 Å². The molecule has 0 unspecified atom stereocenters. The highest BCUT2D eigenvalue weighted by Crippen LogP contribution is 2.43. The van der Waals surface area contributed by atoms with Gasteiger partial charge in [-0.2, -0.15) is 8.78 Å². The summed E-state index contributed by atoms with van der Waals surface area (Å²) in [6.45, 7) is 2.53. The van der Waals surface area contributed by atoms with Crippen LogP contribution in [-0.2, 0) is 22.0 Å². The first-order valence-electron chi connectivity index (χ1n) is 10.7. The molecule has 5 heteroatoms. The molecule has 3 rings (SSSR count). The van der Waals surface area contributed by atoms with Gasteiger partial charge in [0.05, 0.1) is 6.61 Å². The van der Waals surface area contributed by atoms with Crippen molar-refractivity contribution in [1.29, 1.82) is 0 Å². The van der Waals surface area contributed by atoms with E-state index in [0.29, 0.717) is 43.3 Å². The van der Waals surface area contributed by atoms with Crippen LogP contribution in [0.1, 0.15) is 68.6 Å². The molecule has 0 radical (unpaired) electrons. The van der Waals surface area contributed by atoms with Crippen molar-refractivity contribution < 1.29 is 22.6 Å². The Labute approximate surface area is 171 Å². The van der Waals surface area contributed by atoms with Gasteiger partial charge in [0.15, 0.2) is 0 Å². The van der Waals surface area contributed by atoms with Crippen LogP contribution in [0.4, 0.5) is 13.2 Å². The normalized spacial score (nSPS) is 23.6. The van der Waals surface area contributed by atoms with Gasteiger partial charge >= 0.3 is 6.11 Å². The molecule has 1 fully saturated rings. The molecule has 2 nitrogen and oxygen atoms in total. The summed E-state index contributed by atoms with van der Waals surface area (Å²) < 4.78 is 53.7. The van der Waals surface area contributed by atoms with Crippen molar-refractivity contribution in [1.82, 2.24) is 0 Å². The Morgan fingerprint density at radius 3 is 2.62 bits per heavy atom. The van der Waals surface area contributed by atoms with Crippen molar-refractivity contribution in [2.24, 2.45) is 11.8 Å². The number of rotatable bonds is 8. The van der Waals surface area contributed by atoms with E-state index in [9.17, 15) is 13.2 Å². The average Bonchev–Trinajstić information content (AvgIpc) is 2.68. The van der Waals surface area contributed by atoms with E-state index in [1.807, 2.05) is 6.92 Å². The Hall–Kier alpha value is -1.75. The maximum Gasteiger partial charge on any atom is 0.429 e. The highest BCUT2D eigenvalue weighted by Gasteiger charge is 2.43. The lowest BCUT2D eigenvalue weighted by atomic mass is 9.79. The molecule has 1 aliphatic heterocycles. The van der Waals surface area contributed by atoms with Crippen molar-refractivity contribution in [3.05, 3.63) is 52.6 Å². The summed E-state index contributed by atoms with van der Waals surface area (Å²) in [6.07, 6.45) is 9.08. The number of fused-ring (bicyclic) bond motifs is 1. The molecular weight excluding hydrogens is 377 g/mol. The third-order valence-corrected chi connectivity index (χ3v) is 6.00. The van der Waals surface area contributed by atoms with Gasteiger partial charge in [0.2, 0.25) is 0 Å². The summed E-state index contributed by atoms with van der Waals surface area (Å²) in [5.74, 6) is 0.510. The first-order valence-corrected chi connectivity index (χ1v) is 10.7. The maximum absolute atomic E-state index is 14.9. The van der Waals surface area contributed by atoms with E-state index in [1.54, 1.807) is 25.3 Å². The second-order valence-electron chi connectivity index (χ2n) is 8.19. The van der Waals surface area contributed by atoms with Crippen molar-refractivity contribution in [3.63, 3.8) is 0 Å². The van der Waals surface area contributed by atoms with Gasteiger partial charge < -0.3 is 9.47 Å². The van der Waals surface area contributed by atoms with E-state index < -0.39 is 17.5 Å². The number of allylic oxidation sites excluding steroid dienone is 2. The Morgan fingerprint density at radius 1 is 1.17 bits per heavy atom. The van der Waals surface area contributed by atoms with Gasteiger partial charge in [-0.05, 0) is 74.0 Å². The molecule has 0 N–H and O–H groups in total. The van der Waals surface area contributed by atoms with Crippen molar-refractivity contribution in [2.75, 3.05) is 13.7 Å². The Morgan fingerprint density at radius 2 is 1.93 bits per heavy atom. The maximum atomic E-state index is 14.9. The lowest BCUT2D eigenvalue weighted by Gasteiger charge is -2.28. The van der Waals surface area contributed by atoms with E-state index in [1.165, 1.54) is 0 Å². The second-order valence-corrected chi connectivity index (χ2v) is 8.19. The molecule has 1 aromatic carbocycles. The number of ether oxygens (including phenoxy) is 2. The summed E-state index contributed by atoms with van der Waals surface area (Å²) in [4.78, 5) is 0. The standard InChI is InChI=1S/C24H31F3O2/c1-3-5-21-16-20-14-13-19(23(25)22(20)24(26,27)29-21)12-11-18-9-7-17(8-10-18)6-4-15-28-2/h4,6,13-14,16-18H,3,5,7-12,15H2,1-2H3/b6-4+. The molecule has 29 heavy (non-hydrogen) atoms. The van der Waals surface area contributed by atoms with Crippen LogP contribution in [0.25, 0.3) is 6.08 Å². The lowest BCUT2D eigenvalue weighted by Crippen LogP contribution is -2.25. The second kappa shape index (κ2) is 9.84. The quantitative estimate of drug-likeness (QED) is 0.432. The van der Waals surface area contributed by atoms with E-state index in [4.69, 9.17) is 9.47 Å². The molecule has 2 aliphatic rings. The number of alkyl halides is 2. The molecule has 1 saturated carbocycles. The lowest BCUT2D eigenvalue weighted by molar-refractivity contribution is -0.228. The number of benzene rings is 1. The zero-order valence-electron chi connectivity index (χ0n) is 17.4. The Kier molecular flexibility index (Phi) is 7.44. The van der Waals surface area contributed by atoms with Crippen LogP contribution >= 0.6 is 0 Å². The molecule has 0 bridgehead atoms. The van der Waals surface area contributed by atoms with Gasteiger partial charge in [-0.3, -0.25) is 0 Å². The fourth-order valence-corrected chi connectivity index (χ4v) is 4.40. The molecule has 0 spiro atoms. The predicted octanol–water partition coefficient (Wildman–Crippen LogP) is 6.99. The molecule has 0 aromatic heterocycles. The first-order chi connectivity index (χ1) is 13.9. The van der Waals surface area contributed by atoms with Gasteiger partial charge in [0.25, 0.3) is 0 Å². The fraction of sp³-hybridized carbons (Fsp3) is 0.583. The minimum absolute atomic E-state index is 0.216. The topological polar surface area (TPSA) is 18.5 Å². The van der Waals surface area contributed by atoms with Gasteiger partial charge in [0.1, 0.15) is 17.1 Å². The summed E-state index contributed by atoms with van der Waals surface area (Å²) in [7, 11) is 1.68. The molecule has 0 amide bonds. The van der Waals surface area contributed by atoms with Gasteiger partial charge in [-0.15, -0.1) is 0 Å². The zero-order valence-corrected chi connectivity index (χ0v) is 17.4. The van der Waals surface area contributed by atoms with Crippen molar-refractivity contribution in [2.45, 2.75) is 64.4 Å². The third-order valence-electron chi connectivity index (χ3n) is 6.00. The van der Waals surface area contributed by atoms with E-state index in [2.05, 4.69) is 12.2 Å². The monoisotopic (exact) mass is 408 g/mol. The van der Waals surface area contributed by atoms with Crippen LogP contribution in [0.3, 0.4) is 0 Å². The van der Waals surface area contributed by atoms with E-state index in [-0.39, 0.29) is 11.3 Å². The Bertz CT molecular complexity index is 747. The van der Waals surface area contributed by atoms with E-state index in [0.717, 1.165) is 32.1 Å². The van der Waals surface area contributed by atoms with Gasteiger partial charge in [0, 0.05) is 13.5 Å². The van der Waals surface area contributed by atoms with E-state index >= 15 is 0 Å². The molecule has 0 saturated heterocycles. The minimum Gasteiger partial charge on any atom is -0.433 e. The summed E-state index contributed by atoms with van der Waals surface area (Å²) in [5, 5.41) is 0. The van der Waals surface area contributed by atoms with Gasteiger partial charge in [-0.1, -0.05) is 31.2 Å². The smallest absolute Gasteiger partial charge is 0.429 e. The molecule has 160 valence electrons. The summed E-state index contributed by atoms with van der Waals surface area (Å²) >= 11 is 0. The highest BCUT2D eigenvalue weighted by molar-refractivity contribution is 5.60. The fourth-order valence-electron chi connectivity index (χ4n) is 4.40. The number of hydrogen-bond acceptors (Lipinski definition) is 2. The number of methoxy groups -OCH3 is 1. The van der Waals surface area contributed by atoms with Gasteiger partial charge in [-0.25, -0.2) is 4.39 Å². The summed E-state index contributed by atoms with van der Waals surface area (Å²) in [5.41, 5.74) is -0.0161. The zero-order chi connectivity index (χ0) is 20.9. The highest BCUT2D eigenvalue weighted by atomic mass is 19.3. The Balaban J connectivity index is 1.62. The molecule has 1 aliphatic carbocycles. The molecule has 1 heterocycles. The minimum atomic E-state index is -3.61. The first kappa shape index (κ1) is 21.9. The number of halogens is 3. The van der Waals surface area contributed by atoms with Crippen molar-refractivity contribution >= 4 is 6.08 Å². The predicted molar refractivity (Wildman–Crippen MR) is 109 cm³/mol. The van der Waals surface area contributed by atoms with Crippen LogP contribution < -0.4 is 0 Å². The molecular formula is C24H31F3O2. The third kappa shape index (κ3) is 5.44. The van der Waals surface area contributed by atoms with Crippen LogP contribution in [-0.4, -0.2) is 13.7 Å². The van der Waals surface area contributed by atoms with Crippen LogP contribution in [0.5, 0.6) is 0 Å². The van der Waals surface area contributed by atoms with Crippen LogP contribution in [0, 0.1) is 17.7 Å². The van der Waals surface area contributed by atoms with Crippen molar-refractivity contribution in [3.8, 4) is 0 Å². The molecule has 1 aromatic rings. The number of aryl methyl sites for hydroxylation is 1. The van der Waals surface area contributed by atoms with Crippen LogP contribution in [0.15, 0.2) is 30.0 Å². The largest absolute Gasteiger partial charge is 0.433 e. The average molecular weight is 409 g/mol. The SMILES string of the molecule is CCCC1=Cc2ccc(CCC3CCC(/C=C/COC)CC3)c(F)c2C(F)(F)O1. The number of hydrogen-bond donors (Lipinski definition) is 0. The summed E-state index contributed by atoms with van der Waals surface area (Å²) in [6, 6.07) is 3.27. The molecule has 0 atom stereocenters.